The highest BCUT2D eigenvalue weighted by molar-refractivity contribution is 7.60. The van der Waals surface area contributed by atoms with Crippen molar-refractivity contribution < 1.29 is 36.3 Å². The predicted molar refractivity (Wildman–Crippen MR) is 149 cm³/mol. The Morgan fingerprint density at radius 2 is 1.73 bits per heavy atom. The smallest absolute Gasteiger partial charge is 0.433 e. The van der Waals surface area contributed by atoms with Crippen LogP contribution >= 0.6 is 0 Å². The largest absolute Gasteiger partial charge is 0.483 e. The number of hydrogen-bond acceptors (Lipinski definition) is 8. The van der Waals surface area contributed by atoms with Crippen LogP contribution < -0.4 is 20.9 Å². The monoisotopic (exact) mass is 602 g/mol. The fraction of sp³-hybridized carbons (Fsp3) is 0.500. The van der Waals surface area contributed by atoms with E-state index in [-0.39, 0.29) is 13.0 Å². The SMILES string of the molecule is CCCCNCc1ccc(NC(=O)NCc2ccc(C(F)(F)F)nc2N2CCC(C)CC2)cc1.N=S(=O)=O.O=CO. The summed E-state index contributed by atoms with van der Waals surface area (Å²) in [6, 6.07) is 9.51. The van der Waals surface area contributed by atoms with Crippen molar-refractivity contribution in [2.75, 3.05) is 29.9 Å². The van der Waals surface area contributed by atoms with Crippen molar-refractivity contribution in [3.63, 3.8) is 0 Å². The Balaban J connectivity index is 0.00000108. The van der Waals surface area contributed by atoms with Crippen LogP contribution in [0.5, 0.6) is 0 Å². The molecule has 0 unspecified atom stereocenters. The summed E-state index contributed by atoms with van der Waals surface area (Å²) in [6.07, 6.45) is -0.442. The van der Waals surface area contributed by atoms with Crippen LogP contribution in [0.3, 0.4) is 0 Å². The molecule has 2 heterocycles. The van der Waals surface area contributed by atoms with Gasteiger partial charge in [-0.25, -0.2) is 9.78 Å². The van der Waals surface area contributed by atoms with E-state index in [2.05, 4.69) is 34.8 Å². The Labute approximate surface area is 239 Å². The summed E-state index contributed by atoms with van der Waals surface area (Å²) in [7, 11) is -2.61. The molecule has 228 valence electrons. The summed E-state index contributed by atoms with van der Waals surface area (Å²) < 4.78 is 62.6. The van der Waals surface area contributed by atoms with Gasteiger partial charge in [0, 0.05) is 37.4 Å². The highest BCUT2D eigenvalue weighted by Crippen LogP contribution is 2.32. The number of hydrogen-bond donors (Lipinski definition) is 5. The van der Waals surface area contributed by atoms with Crippen molar-refractivity contribution in [3.05, 3.63) is 53.2 Å². The van der Waals surface area contributed by atoms with Gasteiger partial charge < -0.3 is 26.0 Å². The van der Waals surface area contributed by atoms with E-state index >= 15 is 0 Å². The Kier molecular flexibility index (Phi) is 16.0. The maximum Gasteiger partial charge on any atom is 0.433 e. The number of urea groups is 1. The molecular weight excluding hydrogens is 565 g/mol. The normalized spacial score (nSPS) is 13.1. The molecule has 5 N–H and O–H groups in total. The van der Waals surface area contributed by atoms with Crippen molar-refractivity contribution in [1.29, 1.82) is 4.78 Å². The van der Waals surface area contributed by atoms with Gasteiger partial charge in [-0.05, 0) is 55.5 Å². The van der Waals surface area contributed by atoms with Crippen molar-refractivity contribution >= 4 is 34.5 Å². The van der Waals surface area contributed by atoms with Crippen LogP contribution in [0.1, 0.15) is 56.4 Å². The molecule has 2 aromatic rings. The number of pyridine rings is 1. The molecule has 1 aromatic carbocycles. The zero-order valence-electron chi connectivity index (χ0n) is 23.0. The zero-order chi connectivity index (χ0) is 30.8. The van der Waals surface area contributed by atoms with Crippen molar-refractivity contribution in [3.8, 4) is 0 Å². The fourth-order valence-electron chi connectivity index (χ4n) is 3.86. The number of anilines is 2. The van der Waals surface area contributed by atoms with Gasteiger partial charge in [-0.1, -0.05) is 38.5 Å². The van der Waals surface area contributed by atoms with Crippen LogP contribution in [0, 0.1) is 10.7 Å². The number of nitrogens with one attached hydrogen (secondary N) is 4. The van der Waals surface area contributed by atoms with Gasteiger partial charge in [0.1, 0.15) is 11.5 Å². The third-order valence-electron chi connectivity index (χ3n) is 6.02. The predicted octanol–water partition coefficient (Wildman–Crippen LogP) is 4.88. The number of unbranched alkanes of at least 4 members (excludes halogenated alkanes) is 1. The lowest BCUT2D eigenvalue weighted by Gasteiger charge is -2.33. The van der Waals surface area contributed by atoms with E-state index in [1.54, 1.807) is 0 Å². The number of piperidine rings is 1. The zero-order valence-corrected chi connectivity index (χ0v) is 23.8. The lowest BCUT2D eigenvalue weighted by Crippen LogP contribution is -2.35. The molecule has 1 fully saturated rings. The van der Waals surface area contributed by atoms with Gasteiger partial charge >= 0.3 is 22.7 Å². The van der Waals surface area contributed by atoms with Crippen LogP contribution in [-0.2, 0) is 34.6 Å². The molecule has 1 aliphatic heterocycles. The molecule has 0 saturated carbocycles. The summed E-state index contributed by atoms with van der Waals surface area (Å²) in [5.41, 5.74) is 1.41. The summed E-state index contributed by atoms with van der Waals surface area (Å²) in [5, 5.41) is 15.8. The van der Waals surface area contributed by atoms with Crippen LogP contribution in [0.4, 0.5) is 29.5 Å². The van der Waals surface area contributed by atoms with Crippen LogP contribution in [0.25, 0.3) is 0 Å². The van der Waals surface area contributed by atoms with Gasteiger partial charge in [-0.3, -0.25) is 4.79 Å². The molecule has 0 spiro atoms. The number of carbonyl (C=O) groups is 2. The fourth-order valence-corrected chi connectivity index (χ4v) is 3.86. The number of alkyl halides is 3. The molecule has 0 radical (unpaired) electrons. The van der Waals surface area contributed by atoms with E-state index in [0.29, 0.717) is 36.1 Å². The van der Waals surface area contributed by atoms with Gasteiger partial charge in [0.2, 0.25) is 0 Å². The molecule has 15 heteroatoms. The quantitative estimate of drug-likeness (QED) is 0.200. The first-order valence-corrected chi connectivity index (χ1v) is 14.0. The summed E-state index contributed by atoms with van der Waals surface area (Å²) >= 11 is 0. The van der Waals surface area contributed by atoms with E-state index in [9.17, 15) is 18.0 Å². The first-order chi connectivity index (χ1) is 19.4. The number of benzene rings is 1. The number of nitrogens with zero attached hydrogens (tertiary/aromatic N) is 2. The minimum absolute atomic E-state index is 0.0811. The van der Waals surface area contributed by atoms with Gasteiger partial charge in [0.15, 0.2) is 0 Å². The van der Waals surface area contributed by atoms with Crippen molar-refractivity contribution in [1.82, 2.24) is 15.6 Å². The molecule has 41 heavy (non-hydrogen) atoms. The summed E-state index contributed by atoms with van der Waals surface area (Å²) in [4.78, 5) is 26.6. The Morgan fingerprint density at radius 1 is 1.15 bits per heavy atom. The maximum atomic E-state index is 13.3. The summed E-state index contributed by atoms with van der Waals surface area (Å²) in [6.45, 7) is 7.15. The number of carboxylic acid groups (broad SMARTS) is 1. The third kappa shape index (κ3) is 14.5. The molecule has 0 atom stereocenters. The molecule has 1 saturated heterocycles. The second kappa shape index (κ2) is 18.6. The Bertz CT molecular complexity index is 1180. The van der Waals surface area contributed by atoms with Gasteiger partial charge in [-0.15, -0.1) is 0 Å². The topological polar surface area (TPSA) is 165 Å². The molecule has 0 aliphatic carbocycles. The van der Waals surface area contributed by atoms with Crippen molar-refractivity contribution in [2.24, 2.45) is 5.92 Å². The number of carbonyl (C=O) groups excluding carboxylic acids is 1. The molecule has 3 rings (SSSR count). The maximum absolute atomic E-state index is 13.3. The molecule has 11 nitrogen and oxygen atoms in total. The number of amides is 2. The lowest BCUT2D eigenvalue weighted by molar-refractivity contribution is -0.141. The van der Waals surface area contributed by atoms with Gasteiger partial charge in [0.25, 0.3) is 6.47 Å². The minimum Gasteiger partial charge on any atom is -0.483 e. The number of aromatic nitrogens is 1. The highest BCUT2D eigenvalue weighted by atomic mass is 32.2. The van der Waals surface area contributed by atoms with E-state index in [0.717, 1.165) is 50.4 Å². The van der Waals surface area contributed by atoms with E-state index < -0.39 is 28.4 Å². The highest BCUT2D eigenvalue weighted by Gasteiger charge is 2.34. The van der Waals surface area contributed by atoms with Gasteiger partial charge in [0.05, 0.1) is 0 Å². The summed E-state index contributed by atoms with van der Waals surface area (Å²) in [5.74, 6) is 0.829. The standard InChI is InChI=1S/C25H34F3N5O.CH2O2.HNO2S/c1-3-4-13-29-16-19-5-8-21(9-6-19)31-24(34)30-17-20-7-10-22(25(26,27)28)32-23(20)33-14-11-18(2)12-15-33;2-1-3;1-4(2)3/h5-10,18,29H,3-4,11-17H2,1-2H3,(H2,30,31,34);1H,(H,2,3);1H. The molecule has 1 aliphatic rings. The van der Waals surface area contributed by atoms with Gasteiger partial charge in [-0.2, -0.15) is 26.4 Å². The van der Waals surface area contributed by atoms with E-state index in [1.807, 2.05) is 29.2 Å². The second-order valence-corrected chi connectivity index (χ2v) is 9.69. The molecule has 1 aromatic heterocycles. The van der Waals surface area contributed by atoms with Crippen molar-refractivity contribution in [2.45, 2.75) is 58.8 Å². The average molecular weight is 603 g/mol. The van der Waals surface area contributed by atoms with E-state index in [1.165, 1.54) is 6.07 Å². The molecule has 0 bridgehead atoms. The van der Waals surface area contributed by atoms with Crippen LogP contribution in [0.2, 0.25) is 0 Å². The second-order valence-electron chi connectivity index (χ2n) is 9.22. The van der Waals surface area contributed by atoms with E-state index in [4.69, 9.17) is 23.1 Å². The number of rotatable bonds is 9. The Morgan fingerprint density at radius 3 is 2.27 bits per heavy atom. The molecular formula is C26H37F3N6O5S. The average Bonchev–Trinajstić information content (AvgIpc) is 2.91. The lowest BCUT2D eigenvalue weighted by atomic mass is 9.99. The minimum atomic E-state index is -4.52. The first kappa shape index (κ1) is 35.3. The molecule has 2 amide bonds. The Hall–Kier alpha value is -3.72. The first-order valence-electron chi connectivity index (χ1n) is 13.0. The van der Waals surface area contributed by atoms with Crippen LogP contribution in [0.15, 0.2) is 36.4 Å². The third-order valence-corrected chi connectivity index (χ3v) is 6.02. The number of halogens is 3. The van der Waals surface area contributed by atoms with Crippen LogP contribution in [-0.4, -0.2) is 50.6 Å².